The fourth-order valence-corrected chi connectivity index (χ4v) is 3.37. The van der Waals surface area contributed by atoms with Gasteiger partial charge in [0.05, 0.1) is 10.6 Å². The smallest absolute Gasteiger partial charge is 0.265 e. The second kappa shape index (κ2) is 6.89. The van der Waals surface area contributed by atoms with Crippen molar-refractivity contribution in [1.29, 1.82) is 0 Å². The Bertz CT molecular complexity index is 1020. The predicted molar refractivity (Wildman–Crippen MR) is 99.0 cm³/mol. The molecule has 0 unspecified atom stereocenters. The molecule has 2 aromatic carbocycles. The van der Waals surface area contributed by atoms with Crippen LogP contribution in [0.4, 0.5) is 10.1 Å². The van der Waals surface area contributed by atoms with E-state index < -0.39 is 0 Å². The minimum absolute atomic E-state index is 0.183. The van der Waals surface area contributed by atoms with E-state index in [0.717, 1.165) is 16.1 Å². The molecule has 2 aromatic heterocycles. The Balaban J connectivity index is 1.47. The first-order chi connectivity index (χ1) is 12.7. The SMILES string of the molecule is O=C(Nc1ccc(-n2cncn2)cc1)c1ccc(-c2ccc(F)cc2)s1. The van der Waals surface area contributed by atoms with Gasteiger partial charge in [-0.05, 0) is 54.1 Å². The van der Waals surface area contributed by atoms with E-state index in [1.54, 1.807) is 29.2 Å². The Hall–Kier alpha value is -3.32. The van der Waals surface area contributed by atoms with Crippen LogP contribution in [0.15, 0.2) is 73.3 Å². The van der Waals surface area contributed by atoms with Gasteiger partial charge in [-0.1, -0.05) is 12.1 Å². The van der Waals surface area contributed by atoms with Gasteiger partial charge >= 0.3 is 0 Å². The predicted octanol–water partition coefficient (Wildman–Crippen LogP) is 4.39. The van der Waals surface area contributed by atoms with Crippen LogP contribution in [0, 0.1) is 5.82 Å². The van der Waals surface area contributed by atoms with Crippen molar-refractivity contribution in [2.24, 2.45) is 0 Å². The van der Waals surface area contributed by atoms with Gasteiger partial charge in [-0.15, -0.1) is 11.3 Å². The van der Waals surface area contributed by atoms with Crippen molar-refractivity contribution >= 4 is 22.9 Å². The lowest BCUT2D eigenvalue weighted by atomic mass is 10.2. The minimum Gasteiger partial charge on any atom is -0.321 e. The van der Waals surface area contributed by atoms with E-state index in [0.29, 0.717) is 10.6 Å². The summed E-state index contributed by atoms with van der Waals surface area (Å²) in [5.74, 6) is -0.463. The highest BCUT2D eigenvalue weighted by Gasteiger charge is 2.11. The number of aromatic nitrogens is 3. The number of carbonyl (C=O) groups is 1. The van der Waals surface area contributed by atoms with Crippen LogP contribution in [-0.2, 0) is 0 Å². The first-order valence-electron chi connectivity index (χ1n) is 7.81. The van der Waals surface area contributed by atoms with Crippen LogP contribution >= 0.6 is 11.3 Å². The zero-order valence-electron chi connectivity index (χ0n) is 13.5. The maximum atomic E-state index is 13.0. The lowest BCUT2D eigenvalue weighted by Crippen LogP contribution is -2.10. The van der Waals surface area contributed by atoms with Crippen molar-refractivity contribution in [2.75, 3.05) is 5.32 Å². The molecular formula is C19H13FN4OS. The molecular weight excluding hydrogens is 351 g/mol. The van der Waals surface area contributed by atoms with Crippen molar-refractivity contribution in [3.63, 3.8) is 0 Å². The summed E-state index contributed by atoms with van der Waals surface area (Å²) in [5.41, 5.74) is 2.43. The van der Waals surface area contributed by atoms with Crippen LogP contribution in [0.3, 0.4) is 0 Å². The second-order valence-electron chi connectivity index (χ2n) is 5.51. The third-order valence-electron chi connectivity index (χ3n) is 3.77. The average molecular weight is 364 g/mol. The lowest BCUT2D eigenvalue weighted by Gasteiger charge is -2.05. The molecule has 4 rings (SSSR count). The summed E-state index contributed by atoms with van der Waals surface area (Å²) < 4.78 is 14.7. The highest BCUT2D eigenvalue weighted by Crippen LogP contribution is 2.28. The molecule has 0 atom stereocenters. The first-order valence-corrected chi connectivity index (χ1v) is 8.63. The molecule has 7 heteroatoms. The highest BCUT2D eigenvalue weighted by atomic mass is 32.1. The molecule has 0 spiro atoms. The summed E-state index contributed by atoms with van der Waals surface area (Å²) >= 11 is 1.36. The van der Waals surface area contributed by atoms with Gasteiger partial charge < -0.3 is 5.32 Å². The Labute approximate surface area is 152 Å². The molecule has 0 aliphatic heterocycles. The zero-order chi connectivity index (χ0) is 17.9. The van der Waals surface area contributed by atoms with Gasteiger partial charge in [0.2, 0.25) is 0 Å². The van der Waals surface area contributed by atoms with E-state index in [9.17, 15) is 9.18 Å². The molecule has 0 aliphatic carbocycles. The Morgan fingerprint density at radius 2 is 1.77 bits per heavy atom. The molecule has 128 valence electrons. The topological polar surface area (TPSA) is 59.8 Å². The molecule has 1 amide bonds. The van der Waals surface area contributed by atoms with E-state index in [-0.39, 0.29) is 11.7 Å². The van der Waals surface area contributed by atoms with Gasteiger partial charge in [-0.25, -0.2) is 14.1 Å². The summed E-state index contributed by atoms with van der Waals surface area (Å²) in [5, 5.41) is 6.93. The third kappa shape index (κ3) is 3.38. The Kier molecular flexibility index (Phi) is 4.28. The molecule has 0 bridgehead atoms. The molecule has 0 saturated carbocycles. The van der Waals surface area contributed by atoms with Gasteiger partial charge in [-0.3, -0.25) is 4.79 Å². The minimum atomic E-state index is -0.280. The van der Waals surface area contributed by atoms with Crippen LogP contribution in [0.5, 0.6) is 0 Å². The molecule has 0 saturated heterocycles. The van der Waals surface area contributed by atoms with E-state index in [1.165, 1.54) is 29.8 Å². The summed E-state index contributed by atoms with van der Waals surface area (Å²) in [6.07, 6.45) is 3.07. The largest absolute Gasteiger partial charge is 0.321 e. The van der Waals surface area contributed by atoms with Crippen LogP contribution in [-0.4, -0.2) is 20.7 Å². The van der Waals surface area contributed by atoms with E-state index in [2.05, 4.69) is 15.4 Å². The van der Waals surface area contributed by atoms with Gasteiger partial charge in [0.1, 0.15) is 18.5 Å². The van der Waals surface area contributed by atoms with Crippen molar-refractivity contribution in [3.05, 3.63) is 84.0 Å². The molecule has 1 N–H and O–H groups in total. The zero-order valence-corrected chi connectivity index (χ0v) is 14.3. The normalized spacial score (nSPS) is 10.7. The maximum absolute atomic E-state index is 13.0. The third-order valence-corrected chi connectivity index (χ3v) is 4.90. The number of carbonyl (C=O) groups excluding carboxylic acids is 1. The second-order valence-corrected chi connectivity index (χ2v) is 6.60. The quantitative estimate of drug-likeness (QED) is 0.584. The highest BCUT2D eigenvalue weighted by molar-refractivity contribution is 7.17. The number of hydrogen-bond acceptors (Lipinski definition) is 4. The number of rotatable bonds is 4. The number of hydrogen-bond donors (Lipinski definition) is 1. The van der Waals surface area contributed by atoms with Crippen LogP contribution in [0.25, 0.3) is 16.1 Å². The molecule has 2 heterocycles. The summed E-state index contributed by atoms with van der Waals surface area (Å²) in [6, 6.07) is 17.2. The number of nitrogens with one attached hydrogen (secondary N) is 1. The Morgan fingerprint density at radius 3 is 2.46 bits per heavy atom. The number of halogens is 1. The number of thiophene rings is 1. The summed E-state index contributed by atoms with van der Waals surface area (Å²) in [4.78, 5) is 17.8. The van der Waals surface area contributed by atoms with E-state index >= 15 is 0 Å². The van der Waals surface area contributed by atoms with Crippen molar-refractivity contribution in [3.8, 4) is 16.1 Å². The number of nitrogens with zero attached hydrogens (tertiary/aromatic N) is 3. The van der Waals surface area contributed by atoms with Crippen LogP contribution < -0.4 is 5.32 Å². The van der Waals surface area contributed by atoms with Gasteiger partial charge in [0.15, 0.2) is 0 Å². The van der Waals surface area contributed by atoms with Crippen LogP contribution in [0.1, 0.15) is 9.67 Å². The Morgan fingerprint density at radius 1 is 1.00 bits per heavy atom. The van der Waals surface area contributed by atoms with E-state index in [1.807, 2.05) is 30.3 Å². The summed E-state index contributed by atoms with van der Waals surface area (Å²) in [6.45, 7) is 0. The van der Waals surface area contributed by atoms with Crippen molar-refractivity contribution in [1.82, 2.24) is 14.8 Å². The number of anilines is 1. The number of amides is 1. The fraction of sp³-hybridized carbons (Fsp3) is 0. The monoisotopic (exact) mass is 364 g/mol. The molecule has 26 heavy (non-hydrogen) atoms. The molecule has 0 aliphatic rings. The first kappa shape index (κ1) is 16.2. The van der Waals surface area contributed by atoms with Crippen LogP contribution in [0.2, 0.25) is 0 Å². The van der Waals surface area contributed by atoms with Gasteiger partial charge in [-0.2, -0.15) is 5.10 Å². The fourth-order valence-electron chi connectivity index (χ4n) is 2.46. The van der Waals surface area contributed by atoms with Crippen molar-refractivity contribution in [2.45, 2.75) is 0 Å². The van der Waals surface area contributed by atoms with E-state index in [4.69, 9.17) is 0 Å². The molecule has 0 fully saturated rings. The number of benzene rings is 2. The molecule has 5 nitrogen and oxygen atoms in total. The summed E-state index contributed by atoms with van der Waals surface area (Å²) in [7, 11) is 0. The molecule has 0 radical (unpaired) electrons. The van der Waals surface area contributed by atoms with Gasteiger partial charge in [0, 0.05) is 10.6 Å². The van der Waals surface area contributed by atoms with Crippen molar-refractivity contribution < 1.29 is 9.18 Å². The standard InChI is InChI=1S/C19H13FN4OS/c20-14-3-1-13(2-4-14)17-9-10-18(26-17)19(25)23-15-5-7-16(8-6-15)24-12-21-11-22-24/h1-12H,(H,23,25). The maximum Gasteiger partial charge on any atom is 0.265 e. The lowest BCUT2D eigenvalue weighted by molar-refractivity contribution is 0.103. The average Bonchev–Trinajstić information content (AvgIpc) is 3.35. The molecule has 4 aromatic rings. The van der Waals surface area contributed by atoms with Gasteiger partial charge in [0.25, 0.3) is 5.91 Å².